The summed E-state index contributed by atoms with van der Waals surface area (Å²) in [7, 11) is 0. The number of nitrogens with one attached hydrogen (secondary N) is 1. The van der Waals surface area contributed by atoms with Crippen LogP contribution in [-0.4, -0.2) is 42.6 Å². The zero-order chi connectivity index (χ0) is 13.4. The molecule has 18 heavy (non-hydrogen) atoms. The minimum absolute atomic E-state index is 0.208. The predicted molar refractivity (Wildman–Crippen MR) is 75.0 cm³/mol. The van der Waals surface area contributed by atoms with Gasteiger partial charge in [-0.15, -0.1) is 0 Å². The summed E-state index contributed by atoms with van der Waals surface area (Å²) in [5.74, 6) is 0.889. The molecule has 5 heteroatoms. The number of aliphatic hydroxyl groups excluding tert-OH is 2. The number of rotatable bonds is 8. The van der Waals surface area contributed by atoms with Crippen LogP contribution >= 0.6 is 15.9 Å². The van der Waals surface area contributed by atoms with E-state index in [2.05, 4.69) is 21.2 Å². The lowest BCUT2D eigenvalue weighted by Crippen LogP contribution is -2.30. The summed E-state index contributed by atoms with van der Waals surface area (Å²) in [5, 5.41) is 20.8. The Morgan fingerprint density at radius 2 is 2.22 bits per heavy atom. The summed E-state index contributed by atoms with van der Waals surface area (Å²) < 4.78 is 6.71. The Balaban J connectivity index is 2.16. The largest absolute Gasteiger partial charge is 0.493 e. The summed E-state index contributed by atoms with van der Waals surface area (Å²) >= 11 is 3.46. The van der Waals surface area contributed by atoms with Crippen molar-refractivity contribution < 1.29 is 14.9 Å². The van der Waals surface area contributed by atoms with Crippen molar-refractivity contribution in [1.82, 2.24) is 5.32 Å². The highest BCUT2D eigenvalue weighted by Gasteiger charge is 2.03. The Labute approximate surface area is 116 Å². The molecule has 0 heterocycles. The highest BCUT2D eigenvalue weighted by atomic mass is 79.9. The lowest BCUT2D eigenvalue weighted by molar-refractivity contribution is 0.0942. The Hall–Kier alpha value is -0.620. The second kappa shape index (κ2) is 8.48. The molecule has 0 aromatic heterocycles. The van der Waals surface area contributed by atoms with Gasteiger partial charge in [0, 0.05) is 16.6 Å². The maximum Gasteiger partial charge on any atom is 0.123 e. The van der Waals surface area contributed by atoms with Crippen LogP contribution in [0, 0.1) is 6.92 Å². The van der Waals surface area contributed by atoms with Crippen LogP contribution in [0.5, 0.6) is 5.75 Å². The van der Waals surface area contributed by atoms with E-state index in [9.17, 15) is 0 Å². The van der Waals surface area contributed by atoms with E-state index < -0.39 is 6.10 Å². The summed E-state index contributed by atoms with van der Waals surface area (Å²) in [4.78, 5) is 0. The number of ether oxygens (including phenoxy) is 1. The third kappa shape index (κ3) is 5.35. The van der Waals surface area contributed by atoms with Gasteiger partial charge < -0.3 is 20.3 Å². The lowest BCUT2D eigenvalue weighted by Gasteiger charge is -2.11. The number of benzene rings is 1. The predicted octanol–water partition coefficient (Wildman–Crippen LogP) is 1.47. The summed E-state index contributed by atoms with van der Waals surface area (Å²) in [6, 6.07) is 5.88. The molecule has 0 spiro atoms. The van der Waals surface area contributed by atoms with E-state index in [-0.39, 0.29) is 6.61 Å². The van der Waals surface area contributed by atoms with Gasteiger partial charge in [-0.25, -0.2) is 0 Å². The van der Waals surface area contributed by atoms with Crippen LogP contribution in [0.15, 0.2) is 22.7 Å². The molecule has 0 aliphatic heterocycles. The van der Waals surface area contributed by atoms with Gasteiger partial charge in [0.25, 0.3) is 0 Å². The molecular formula is C13H20BrNO3. The number of aliphatic hydroxyl groups is 2. The van der Waals surface area contributed by atoms with Crippen LogP contribution in [-0.2, 0) is 0 Å². The molecule has 1 aromatic rings. The highest BCUT2D eigenvalue weighted by Crippen LogP contribution is 2.25. The molecule has 102 valence electrons. The van der Waals surface area contributed by atoms with E-state index in [4.69, 9.17) is 14.9 Å². The maximum atomic E-state index is 9.11. The van der Waals surface area contributed by atoms with Gasteiger partial charge in [-0.05, 0) is 32.0 Å². The van der Waals surface area contributed by atoms with Gasteiger partial charge in [-0.3, -0.25) is 0 Å². The normalized spacial score (nSPS) is 12.4. The van der Waals surface area contributed by atoms with Gasteiger partial charge in [0.1, 0.15) is 5.75 Å². The molecule has 0 fully saturated rings. The first-order valence-electron chi connectivity index (χ1n) is 6.02. The molecule has 3 N–H and O–H groups in total. The topological polar surface area (TPSA) is 61.7 Å². The number of hydrogen-bond acceptors (Lipinski definition) is 4. The van der Waals surface area contributed by atoms with Gasteiger partial charge in [-0.2, -0.15) is 0 Å². The average Bonchev–Trinajstić information content (AvgIpc) is 2.38. The first kappa shape index (κ1) is 15.4. The Kier molecular flexibility index (Phi) is 7.27. The van der Waals surface area contributed by atoms with Crippen LogP contribution < -0.4 is 10.1 Å². The van der Waals surface area contributed by atoms with Gasteiger partial charge in [0.15, 0.2) is 0 Å². The van der Waals surface area contributed by atoms with Crippen LogP contribution in [0.4, 0.5) is 0 Å². The molecule has 0 radical (unpaired) electrons. The molecule has 4 nitrogen and oxygen atoms in total. The van der Waals surface area contributed by atoms with E-state index in [1.165, 1.54) is 0 Å². The van der Waals surface area contributed by atoms with Gasteiger partial charge >= 0.3 is 0 Å². The van der Waals surface area contributed by atoms with Crippen LogP contribution in [0.25, 0.3) is 0 Å². The van der Waals surface area contributed by atoms with Crippen molar-refractivity contribution in [3.8, 4) is 5.75 Å². The molecule has 0 unspecified atom stereocenters. The van der Waals surface area contributed by atoms with E-state index >= 15 is 0 Å². The second-order valence-electron chi connectivity index (χ2n) is 4.11. The zero-order valence-electron chi connectivity index (χ0n) is 10.5. The molecule has 0 saturated heterocycles. The first-order chi connectivity index (χ1) is 8.65. The second-order valence-corrected chi connectivity index (χ2v) is 4.96. The smallest absolute Gasteiger partial charge is 0.123 e. The van der Waals surface area contributed by atoms with Crippen molar-refractivity contribution >= 4 is 15.9 Å². The van der Waals surface area contributed by atoms with Gasteiger partial charge in [0.05, 0.1) is 19.3 Å². The third-order valence-electron chi connectivity index (χ3n) is 2.56. The molecule has 1 aromatic carbocycles. The first-order valence-corrected chi connectivity index (χ1v) is 6.82. The molecule has 1 rings (SSSR count). The molecule has 0 bridgehead atoms. The fourth-order valence-corrected chi connectivity index (χ4v) is 1.80. The zero-order valence-corrected chi connectivity index (χ0v) is 12.1. The molecule has 0 saturated carbocycles. The SMILES string of the molecule is Cc1c(Br)cccc1OCCCNC[C@H](O)CO. The van der Waals surface area contributed by atoms with Crippen molar-refractivity contribution in [2.24, 2.45) is 0 Å². The standard InChI is InChI=1S/C13H20BrNO3/c1-10-12(14)4-2-5-13(10)18-7-3-6-15-8-11(17)9-16/h2,4-5,11,15-17H,3,6-9H2,1H3/t11-/m0/s1. The van der Waals surface area contributed by atoms with Crippen molar-refractivity contribution in [1.29, 1.82) is 0 Å². The molecule has 0 amide bonds. The lowest BCUT2D eigenvalue weighted by atomic mass is 10.2. The fraction of sp³-hybridized carbons (Fsp3) is 0.538. The molecular weight excluding hydrogens is 298 g/mol. The summed E-state index contributed by atoms with van der Waals surface area (Å²) in [6.07, 6.45) is 0.169. The van der Waals surface area contributed by atoms with Crippen molar-refractivity contribution in [3.05, 3.63) is 28.2 Å². The van der Waals surface area contributed by atoms with Crippen molar-refractivity contribution in [2.75, 3.05) is 26.3 Å². The molecule has 0 aliphatic carbocycles. The van der Waals surface area contributed by atoms with E-state index in [0.29, 0.717) is 13.2 Å². The van der Waals surface area contributed by atoms with Crippen LogP contribution in [0.3, 0.4) is 0 Å². The highest BCUT2D eigenvalue weighted by molar-refractivity contribution is 9.10. The quantitative estimate of drug-likeness (QED) is 0.635. The number of halogens is 1. The van der Waals surface area contributed by atoms with Crippen LogP contribution in [0.1, 0.15) is 12.0 Å². The summed E-state index contributed by atoms with van der Waals surface area (Å²) in [5.41, 5.74) is 1.10. The van der Waals surface area contributed by atoms with Crippen molar-refractivity contribution in [2.45, 2.75) is 19.4 Å². The van der Waals surface area contributed by atoms with Crippen molar-refractivity contribution in [3.63, 3.8) is 0 Å². The Bertz CT molecular complexity index is 360. The maximum absolute atomic E-state index is 9.11. The van der Waals surface area contributed by atoms with E-state index in [1.54, 1.807) is 0 Å². The average molecular weight is 318 g/mol. The number of hydrogen-bond donors (Lipinski definition) is 3. The van der Waals surface area contributed by atoms with E-state index in [1.807, 2.05) is 25.1 Å². The minimum atomic E-state index is -0.682. The third-order valence-corrected chi connectivity index (χ3v) is 3.42. The fourth-order valence-electron chi connectivity index (χ4n) is 1.46. The van der Waals surface area contributed by atoms with E-state index in [0.717, 1.165) is 28.8 Å². The van der Waals surface area contributed by atoms with Crippen LogP contribution in [0.2, 0.25) is 0 Å². The Morgan fingerprint density at radius 3 is 2.94 bits per heavy atom. The van der Waals surface area contributed by atoms with Gasteiger partial charge in [-0.1, -0.05) is 22.0 Å². The molecule has 1 atom stereocenters. The molecule has 0 aliphatic rings. The minimum Gasteiger partial charge on any atom is -0.493 e. The Morgan fingerprint density at radius 1 is 1.44 bits per heavy atom. The summed E-state index contributed by atoms with van der Waals surface area (Å²) in [6.45, 7) is 3.59. The van der Waals surface area contributed by atoms with Gasteiger partial charge in [0.2, 0.25) is 0 Å². The monoisotopic (exact) mass is 317 g/mol.